The van der Waals surface area contributed by atoms with Crippen LogP contribution in [-0.4, -0.2) is 34.0 Å². The highest BCUT2D eigenvalue weighted by atomic mass is 16.4. The maximum atomic E-state index is 10.8. The van der Waals surface area contributed by atoms with Gasteiger partial charge in [-0.3, -0.25) is 9.69 Å². The third-order valence-corrected chi connectivity index (χ3v) is 4.58. The van der Waals surface area contributed by atoms with E-state index in [9.17, 15) is 4.79 Å². The number of hydrogen-bond donors (Lipinski definition) is 2. The van der Waals surface area contributed by atoms with Crippen molar-refractivity contribution in [2.75, 3.05) is 13.1 Å². The molecule has 1 aliphatic heterocycles. The molecule has 1 aromatic carbocycles. The largest absolute Gasteiger partial charge is 0.481 e. The van der Waals surface area contributed by atoms with Gasteiger partial charge < -0.3 is 10.1 Å². The molecule has 2 heterocycles. The summed E-state index contributed by atoms with van der Waals surface area (Å²) in [6, 6.07) is 8.42. The zero-order chi connectivity index (χ0) is 14.8. The van der Waals surface area contributed by atoms with E-state index in [1.165, 1.54) is 22.2 Å². The topological polar surface area (TPSA) is 56.3 Å². The number of benzene rings is 1. The van der Waals surface area contributed by atoms with Crippen LogP contribution in [0.15, 0.2) is 24.3 Å². The number of rotatable bonds is 4. The third kappa shape index (κ3) is 3.10. The van der Waals surface area contributed by atoms with Gasteiger partial charge in [-0.25, -0.2) is 0 Å². The second-order valence-electron chi connectivity index (χ2n) is 6.09. The fraction of sp³-hybridized carbons (Fsp3) is 0.471. The highest BCUT2D eigenvalue weighted by Gasteiger charge is 2.22. The van der Waals surface area contributed by atoms with Crippen LogP contribution in [0.5, 0.6) is 0 Å². The van der Waals surface area contributed by atoms with Crippen LogP contribution in [0.2, 0.25) is 0 Å². The summed E-state index contributed by atoms with van der Waals surface area (Å²) >= 11 is 0. The lowest BCUT2D eigenvalue weighted by Gasteiger charge is -2.31. The molecule has 1 saturated heterocycles. The van der Waals surface area contributed by atoms with Crippen LogP contribution in [-0.2, 0) is 11.3 Å². The first kappa shape index (κ1) is 14.1. The Kier molecular flexibility index (Phi) is 3.97. The maximum absolute atomic E-state index is 10.8. The van der Waals surface area contributed by atoms with Crippen molar-refractivity contribution < 1.29 is 9.90 Å². The van der Waals surface area contributed by atoms with E-state index in [0.717, 1.165) is 32.5 Å². The summed E-state index contributed by atoms with van der Waals surface area (Å²) in [5.41, 5.74) is 3.82. The number of nitrogens with one attached hydrogen (secondary N) is 1. The van der Waals surface area contributed by atoms with Crippen molar-refractivity contribution in [3.8, 4) is 0 Å². The lowest BCUT2D eigenvalue weighted by atomic mass is 9.93. The summed E-state index contributed by atoms with van der Waals surface area (Å²) in [5.74, 6) is -0.316. The quantitative estimate of drug-likeness (QED) is 0.907. The van der Waals surface area contributed by atoms with E-state index in [4.69, 9.17) is 5.11 Å². The molecule has 4 heteroatoms. The number of carbonyl (C=O) groups is 1. The molecule has 2 N–H and O–H groups in total. The summed E-state index contributed by atoms with van der Waals surface area (Å²) in [4.78, 5) is 16.7. The van der Waals surface area contributed by atoms with Crippen LogP contribution in [0.3, 0.4) is 0 Å². The van der Waals surface area contributed by atoms with Gasteiger partial charge in [-0.1, -0.05) is 18.2 Å². The first-order valence-corrected chi connectivity index (χ1v) is 7.64. The Balaban J connectivity index is 1.67. The molecule has 0 radical (unpaired) electrons. The van der Waals surface area contributed by atoms with E-state index in [-0.39, 0.29) is 0 Å². The SMILES string of the molecule is Cc1[nH]c2ccccc2c1CN1CCC(CC(=O)O)CC1. The number of H-pyrrole nitrogens is 1. The summed E-state index contributed by atoms with van der Waals surface area (Å²) in [7, 11) is 0. The number of hydrogen-bond acceptors (Lipinski definition) is 2. The minimum Gasteiger partial charge on any atom is -0.481 e. The minimum atomic E-state index is -0.666. The van der Waals surface area contributed by atoms with Crippen molar-refractivity contribution in [3.63, 3.8) is 0 Å². The molecule has 2 aromatic rings. The molecule has 0 amide bonds. The lowest BCUT2D eigenvalue weighted by molar-refractivity contribution is -0.138. The summed E-state index contributed by atoms with van der Waals surface area (Å²) < 4.78 is 0. The van der Waals surface area contributed by atoms with E-state index in [0.29, 0.717) is 12.3 Å². The van der Waals surface area contributed by atoms with Crippen LogP contribution in [0.25, 0.3) is 10.9 Å². The summed E-state index contributed by atoms with van der Waals surface area (Å²) in [6.45, 7) is 5.08. The summed E-state index contributed by atoms with van der Waals surface area (Å²) in [5, 5.41) is 10.2. The molecule has 0 aliphatic carbocycles. The molecule has 112 valence electrons. The first-order valence-electron chi connectivity index (χ1n) is 7.64. The van der Waals surface area contributed by atoms with E-state index in [1.807, 2.05) is 0 Å². The molecular weight excluding hydrogens is 264 g/mol. The van der Waals surface area contributed by atoms with Crippen LogP contribution in [0, 0.1) is 12.8 Å². The van der Waals surface area contributed by atoms with E-state index >= 15 is 0 Å². The van der Waals surface area contributed by atoms with Gasteiger partial charge >= 0.3 is 5.97 Å². The van der Waals surface area contributed by atoms with E-state index in [2.05, 4.69) is 41.1 Å². The van der Waals surface area contributed by atoms with Crippen LogP contribution in [0.4, 0.5) is 0 Å². The molecule has 0 atom stereocenters. The molecule has 4 nitrogen and oxygen atoms in total. The van der Waals surface area contributed by atoms with Crippen molar-refractivity contribution >= 4 is 16.9 Å². The fourth-order valence-electron chi connectivity index (χ4n) is 3.36. The standard InChI is InChI=1S/C17H22N2O2/c1-12-15(14-4-2-3-5-16(14)18-12)11-19-8-6-13(7-9-19)10-17(20)21/h2-5,13,18H,6-11H2,1H3,(H,20,21). The Morgan fingerprint density at radius 2 is 2.05 bits per heavy atom. The zero-order valence-electron chi connectivity index (χ0n) is 12.4. The molecule has 1 aromatic heterocycles. The van der Waals surface area contributed by atoms with Crippen molar-refractivity contribution in [1.29, 1.82) is 0 Å². The maximum Gasteiger partial charge on any atom is 0.303 e. The van der Waals surface area contributed by atoms with Gasteiger partial charge in [-0.05, 0) is 50.4 Å². The van der Waals surface area contributed by atoms with Crippen LogP contribution < -0.4 is 0 Å². The van der Waals surface area contributed by atoms with E-state index < -0.39 is 5.97 Å². The van der Waals surface area contributed by atoms with Gasteiger partial charge in [0.05, 0.1) is 0 Å². The Morgan fingerprint density at radius 1 is 1.33 bits per heavy atom. The highest BCUT2D eigenvalue weighted by Crippen LogP contribution is 2.26. The second-order valence-corrected chi connectivity index (χ2v) is 6.09. The number of fused-ring (bicyclic) bond motifs is 1. The Bertz CT molecular complexity index is 639. The Labute approximate surface area is 124 Å². The monoisotopic (exact) mass is 286 g/mol. The van der Waals surface area contributed by atoms with Crippen LogP contribution >= 0.6 is 0 Å². The molecule has 1 aliphatic rings. The predicted molar refractivity (Wildman–Crippen MR) is 83.3 cm³/mol. The smallest absolute Gasteiger partial charge is 0.303 e. The predicted octanol–water partition coefficient (Wildman–Crippen LogP) is 3.16. The van der Waals surface area contributed by atoms with Crippen molar-refractivity contribution in [3.05, 3.63) is 35.5 Å². The number of likely N-dealkylation sites (tertiary alicyclic amines) is 1. The highest BCUT2D eigenvalue weighted by molar-refractivity contribution is 5.84. The number of aromatic nitrogens is 1. The average molecular weight is 286 g/mol. The molecule has 21 heavy (non-hydrogen) atoms. The van der Waals surface area contributed by atoms with Gasteiger partial charge in [0.15, 0.2) is 0 Å². The van der Waals surface area contributed by atoms with Gasteiger partial charge in [-0.15, -0.1) is 0 Å². The fourth-order valence-corrected chi connectivity index (χ4v) is 3.36. The minimum absolute atomic E-state index is 0.319. The van der Waals surface area contributed by atoms with Gasteiger partial charge in [-0.2, -0.15) is 0 Å². The number of carboxylic acid groups (broad SMARTS) is 1. The molecular formula is C17H22N2O2. The molecule has 0 bridgehead atoms. The van der Waals surface area contributed by atoms with Gasteiger partial charge in [0.25, 0.3) is 0 Å². The molecule has 1 fully saturated rings. The number of nitrogens with zero attached hydrogens (tertiary/aromatic N) is 1. The number of para-hydroxylation sites is 1. The lowest BCUT2D eigenvalue weighted by Crippen LogP contribution is -2.34. The van der Waals surface area contributed by atoms with Gasteiger partial charge in [0.2, 0.25) is 0 Å². The number of carboxylic acids is 1. The molecule has 0 unspecified atom stereocenters. The number of aryl methyl sites for hydroxylation is 1. The molecule has 0 saturated carbocycles. The van der Waals surface area contributed by atoms with E-state index in [1.54, 1.807) is 0 Å². The van der Waals surface area contributed by atoms with Gasteiger partial charge in [0.1, 0.15) is 0 Å². The van der Waals surface area contributed by atoms with Crippen molar-refractivity contribution in [1.82, 2.24) is 9.88 Å². The molecule has 0 spiro atoms. The summed E-state index contributed by atoms with van der Waals surface area (Å²) in [6.07, 6.45) is 2.31. The van der Waals surface area contributed by atoms with Gasteiger partial charge in [0, 0.05) is 29.6 Å². The van der Waals surface area contributed by atoms with Crippen molar-refractivity contribution in [2.45, 2.75) is 32.7 Å². The van der Waals surface area contributed by atoms with Crippen molar-refractivity contribution in [2.24, 2.45) is 5.92 Å². The Hall–Kier alpha value is -1.81. The first-order chi connectivity index (χ1) is 10.1. The third-order valence-electron chi connectivity index (χ3n) is 4.58. The molecule has 3 rings (SSSR count). The normalized spacial score (nSPS) is 17.4. The van der Waals surface area contributed by atoms with Crippen LogP contribution in [0.1, 0.15) is 30.5 Å². The zero-order valence-corrected chi connectivity index (χ0v) is 12.4. The number of aliphatic carboxylic acids is 1. The average Bonchev–Trinajstić information content (AvgIpc) is 2.77. The number of piperidine rings is 1. The second kappa shape index (κ2) is 5.90. The number of aromatic amines is 1. The Morgan fingerprint density at radius 3 is 2.76 bits per heavy atom.